The normalized spacial score (nSPS) is 46.3. The van der Waals surface area contributed by atoms with E-state index in [9.17, 15) is 5.11 Å². The summed E-state index contributed by atoms with van der Waals surface area (Å²) >= 11 is 0. The van der Waals surface area contributed by atoms with E-state index in [1.165, 1.54) is 19.3 Å². The molecule has 0 radical (unpaired) electrons. The lowest BCUT2D eigenvalue weighted by Crippen LogP contribution is -2.20. The number of hydrogen-bond acceptors (Lipinski definition) is 1. The lowest BCUT2D eigenvalue weighted by atomic mass is 9.78. The molecule has 2 unspecified atom stereocenters. The van der Waals surface area contributed by atoms with Crippen LogP contribution in [0.15, 0.2) is 23.8 Å². The highest BCUT2D eigenvalue weighted by molar-refractivity contribution is 5.27. The van der Waals surface area contributed by atoms with Crippen molar-refractivity contribution < 1.29 is 5.11 Å². The molecule has 88 valence electrons. The van der Waals surface area contributed by atoms with Crippen LogP contribution in [0.25, 0.3) is 0 Å². The van der Waals surface area contributed by atoms with Crippen LogP contribution in [0.1, 0.15) is 33.1 Å². The Morgan fingerprint density at radius 1 is 1.44 bits per heavy atom. The van der Waals surface area contributed by atoms with Gasteiger partial charge in [0.1, 0.15) is 0 Å². The Morgan fingerprint density at radius 3 is 3.00 bits per heavy atom. The summed E-state index contributed by atoms with van der Waals surface area (Å²) in [6.45, 7) is 4.03. The van der Waals surface area contributed by atoms with Gasteiger partial charge in [-0.3, -0.25) is 0 Å². The van der Waals surface area contributed by atoms with Gasteiger partial charge in [-0.25, -0.2) is 0 Å². The molecule has 1 heteroatoms. The Morgan fingerprint density at radius 2 is 2.25 bits per heavy atom. The molecule has 6 atom stereocenters. The number of allylic oxidation sites excluding steroid dienone is 3. The van der Waals surface area contributed by atoms with Crippen molar-refractivity contribution in [2.45, 2.75) is 39.2 Å². The number of hydrogen-bond donors (Lipinski definition) is 1. The topological polar surface area (TPSA) is 20.2 Å². The molecule has 0 aromatic heterocycles. The van der Waals surface area contributed by atoms with Gasteiger partial charge in [-0.15, -0.1) is 0 Å². The van der Waals surface area contributed by atoms with Crippen LogP contribution in [0.4, 0.5) is 0 Å². The van der Waals surface area contributed by atoms with Crippen molar-refractivity contribution in [3.05, 3.63) is 23.8 Å². The van der Waals surface area contributed by atoms with Gasteiger partial charge in [-0.1, -0.05) is 30.7 Å². The molecule has 16 heavy (non-hydrogen) atoms. The van der Waals surface area contributed by atoms with Gasteiger partial charge in [-0.2, -0.15) is 0 Å². The summed E-state index contributed by atoms with van der Waals surface area (Å²) < 4.78 is 0. The molecule has 0 aliphatic heterocycles. The predicted octanol–water partition coefficient (Wildman–Crippen LogP) is 3.16. The first kappa shape index (κ1) is 10.6. The van der Waals surface area contributed by atoms with Crippen LogP contribution in [0.5, 0.6) is 0 Å². The molecule has 2 fully saturated rings. The molecule has 0 amide bonds. The average molecular weight is 218 g/mol. The predicted molar refractivity (Wildman–Crippen MR) is 65.9 cm³/mol. The SMILES string of the molecule is CC(O)C(C)/C=C1/C[C@H]2C[C@@H]1[C@@H]1C=CC[C@H]21. The van der Waals surface area contributed by atoms with Crippen molar-refractivity contribution in [2.24, 2.45) is 29.6 Å². The molecule has 1 nitrogen and oxygen atoms in total. The number of fused-ring (bicyclic) bond motifs is 5. The Kier molecular flexibility index (Phi) is 2.47. The molecule has 0 heterocycles. The van der Waals surface area contributed by atoms with E-state index in [2.05, 4.69) is 25.2 Å². The van der Waals surface area contributed by atoms with E-state index in [1.807, 2.05) is 6.92 Å². The Balaban J connectivity index is 1.79. The van der Waals surface area contributed by atoms with Gasteiger partial charge in [-0.05, 0) is 55.8 Å². The fourth-order valence-corrected chi connectivity index (χ4v) is 4.05. The van der Waals surface area contributed by atoms with Crippen LogP contribution in [0.2, 0.25) is 0 Å². The monoisotopic (exact) mass is 218 g/mol. The summed E-state index contributed by atoms with van der Waals surface area (Å²) in [6.07, 6.45) is 11.0. The average Bonchev–Trinajstić information content (AvgIpc) is 2.87. The Hall–Kier alpha value is -0.560. The minimum atomic E-state index is -0.207. The molecule has 3 rings (SSSR count). The lowest BCUT2D eigenvalue weighted by Gasteiger charge is -2.27. The fourth-order valence-electron chi connectivity index (χ4n) is 4.05. The van der Waals surface area contributed by atoms with E-state index in [4.69, 9.17) is 0 Å². The van der Waals surface area contributed by atoms with Crippen molar-refractivity contribution in [3.8, 4) is 0 Å². The largest absolute Gasteiger partial charge is 0.393 e. The van der Waals surface area contributed by atoms with E-state index in [1.54, 1.807) is 5.57 Å². The molecular formula is C15H22O. The quantitative estimate of drug-likeness (QED) is 0.706. The molecule has 0 aromatic rings. The van der Waals surface area contributed by atoms with Gasteiger partial charge >= 0.3 is 0 Å². The van der Waals surface area contributed by atoms with Gasteiger partial charge < -0.3 is 5.11 Å². The third-order valence-corrected chi connectivity index (χ3v) is 5.10. The third kappa shape index (κ3) is 1.48. The van der Waals surface area contributed by atoms with Crippen LogP contribution in [-0.4, -0.2) is 11.2 Å². The van der Waals surface area contributed by atoms with Crippen molar-refractivity contribution in [2.75, 3.05) is 0 Å². The maximum absolute atomic E-state index is 9.58. The third-order valence-electron chi connectivity index (χ3n) is 5.10. The minimum absolute atomic E-state index is 0.207. The number of aliphatic hydroxyl groups excluding tert-OH is 1. The van der Waals surface area contributed by atoms with E-state index in [0.29, 0.717) is 5.92 Å². The standard InChI is InChI=1S/C15H22O/c1-9(10(2)16)6-11-7-12-8-15(11)14-5-3-4-13(12)14/h3,5-6,9-10,12-16H,4,7-8H2,1-2H3/b11-6-/t9?,10?,12-,13+,14+,15-/m0/s1. The van der Waals surface area contributed by atoms with Gasteiger partial charge in [0.15, 0.2) is 0 Å². The summed E-state index contributed by atoms with van der Waals surface area (Å²) in [5, 5.41) is 9.58. The molecule has 3 aliphatic carbocycles. The fraction of sp³-hybridized carbons (Fsp3) is 0.733. The summed E-state index contributed by atoms with van der Waals surface area (Å²) in [6, 6.07) is 0. The zero-order valence-corrected chi connectivity index (χ0v) is 10.3. The highest BCUT2D eigenvalue weighted by atomic mass is 16.3. The second-order valence-corrected chi connectivity index (χ2v) is 6.05. The van der Waals surface area contributed by atoms with Crippen molar-refractivity contribution in [3.63, 3.8) is 0 Å². The highest BCUT2D eigenvalue weighted by Crippen LogP contribution is 2.58. The summed E-state index contributed by atoms with van der Waals surface area (Å²) in [7, 11) is 0. The van der Waals surface area contributed by atoms with E-state index in [-0.39, 0.29) is 6.10 Å². The van der Waals surface area contributed by atoms with Crippen LogP contribution in [0.3, 0.4) is 0 Å². The first-order valence-electron chi connectivity index (χ1n) is 6.72. The van der Waals surface area contributed by atoms with Crippen LogP contribution in [-0.2, 0) is 0 Å². The lowest BCUT2D eigenvalue weighted by molar-refractivity contribution is 0.156. The highest BCUT2D eigenvalue weighted by Gasteiger charge is 2.49. The summed E-state index contributed by atoms with van der Waals surface area (Å²) in [5.41, 5.74) is 1.64. The number of rotatable bonds is 2. The Labute approximate surface area is 98.2 Å². The molecule has 0 spiro atoms. The molecule has 3 aliphatic rings. The van der Waals surface area contributed by atoms with E-state index >= 15 is 0 Å². The molecule has 2 saturated carbocycles. The first-order chi connectivity index (χ1) is 7.66. The van der Waals surface area contributed by atoms with Crippen LogP contribution < -0.4 is 0 Å². The Bertz CT molecular complexity index is 339. The maximum atomic E-state index is 9.58. The molecule has 0 aromatic carbocycles. The second kappa shape index (κ2) is 3.73. The van der Waals surface area contributed by atoms with Gasteiger partial charge in [0.2, 0.25) is 0 Å². The molecule has 2 bridgehead atoms. The second-order valence-electron chi connectivity index (χ2n) is 6.05. The van der Waals surface area contributed by atoms with Gasteiger partial charge in [0, 0.05) is 0 Å². The summed E-state index contributed by atoms with van der Waals surface area (Å²) in [4.78, 5) is 0. The van der Waals surface area contributed by atoms with E-state index < -0.39 is 0 Å². The zero-order valence-electron chi connectivity index (χ0n) is 10.3. The first-order valence-corrected chi connectivity index (χ1v) is 6.72. The van der Waals surface area contributed by atoms with Crippen molar-refractivity contribution in [1.29, 1.82) is 0 Å². The number of aliphatic hydroxyl groups is 1. The molecular weight excluding hydrogens is 196 g/mol. The molecule has 1 N–H and O–H groups in total. The van der Waals surface area contributed by atoms with Gasteiger partial charge in [0.25, 0.3) is 0 Å². The minimum Gasteiger partial charge on any atom is -0.393 e. The van der Waals surface area contributed by atoms with Crippen molar-refractivity contribution in [1.82, 2.24) is 0 Å². The molecule has 0 saturated heterocycles. The van der Waals surface area contributed by atoms with Crippen LogP contribution >= 0.6 is 0 Å². The zero-order chi connectivity index (χ0) is 11.3. The van der Waals surface area contributed by atoms with Gasteiger partial charge in [0.05, 0.1) is 6.10 Å². The van der Waals surface area contributed by atoms with Crippen molar-refractivity contribution >= 4 is 0 Å². The van der Waals surface area contributed by atoms with Crippen LogP contribution in [0, 0.1) is 29.6 Å². The maximum Gasteiger partial charge on any atom is 0.0572 e. The van der Waals surface area contributed by atoms with E-state index in [0.717, 1.165) is 23.7 Å². The smallest absolute Gasteiger partial charge is 0.0572 e. The summed E-state index contributed by atoms with van der Waals surface area (Å²) in [5.74, 6) is 3.88.